The van der Waals surface area contributed by atoms with Gasteiger partial charge in [-0.25, -0.2) is 0 Å². The molecule has 0 aliphatic rings. The van der Waals surface area contributed by atoms with Gasteiger partial charge in [0.2, 0.25) is 0 Å². The van der Waals surface area contributed by atoms with E-state index in [0.717, 1.165) is 21.4 Å². The van der Waals surface area contributed by atoms with Crippen LogP contribution in [0.2, 0.25) is 0 Å². The number of carbonyl (C=O) groups is 1. The van der Waals surface area contributed by atoms with Crippen molar-refractivity contribution in [1.29, 1.82) is 0 Å². The highest BCUT2D eigenvalue weighted by molar-refractivity contribution is 8.21. The van der Waals surface area contributed by atoms with Gasteiger partial charge in [-0.15, -0.1) is 0 Å². The molecule has 0 radical (unpaired) electrons. The molecule has 1 aromatic rings. The van der Waals surface area contributed by atoms with E-state index in [1.165, 1.54) is 0 Å². The van der Waals surface area contributed by atoms with Crippen LogP contribution in [-0.4, -0.2) is 11.1 Å². The van der Waals surface area contributed by atoms with Crippen LogP contribution in [0.25, 0.3) is 0 Å². The fourth-order valence-corrected chi connectivity index (χ4v) is 1.51. The van der Waals surface area contributed by atoms with E-state index >= 15 is 0 Å². The van der Waals surface area contributed by atoms with E-state index < -0.39 is 5.97 Å². The van der Waals surface area contributed by atoms with Crippen LogP contribution < -0.4 is 0 Å². The fourth-order valence-electron chi connectivity index (χ4n) is 0.959. The molecule has 0 heterocycles. The minimum atomic E-state index is -0.768. The molecule has 13 heavy (non-hydrogen) atoms. The Kier molecular flexibility index (Phi) is 4.12. The minimum absolute atomic E-state index is 0.174. The zero-order valence-electron chi connectivity index (χ0n) is 6.87. The molecular weight excluding hydrogens is 208 g/mol. The normalized spacial score (nSPS) is 9.92. The number of aryl methyl sites for hydroxylation is 1. The molecule has 0 spiro atoms. The Morgan fingerprint density at radius 3 is 2.46 bits per heavy atom. The summed E-state index contributed by atoms with van der Waals surface area (Å²) in [7, 11) is 6.69. The minimum Gasteiger partial charge on any atom is -0.481 e. The van der Waals surface area contributed by atoms with E-state index in [9.17, 15) is 4.79 Å². The summed E-state index contributed by atoms with van der Waals surface area (Å²) >= 11 is 0. The second-order valence-corrected chi connectivity index (χ2v) is 3.70. The van der Waals surface area contributed by atoms with Gasteiger partial charge in [-0.05, 0) is 45.8 Å². The smallest absolute Gasteiger partial charge is 0.303 e. The first-order chi connectivity index (χ1) is 6.22. The summed E-state index contributed by atoms with van der Waals surface area (Å²) in [5.41, 5.74) is 1.02. The highest BCUT2D eigenvalue weighted by Crippen LogP contribution is 2.21. The van der Waals surface area contributed by atoms with Crippen LogP contribution in [0.1, 0.15) is 12.0 Å². The topological polar surface area (TPSA) is 37.3 Å². The number of benzene rings is 1. The number of carboxylic acids is 1. The van der Waals surface area contributed by atoms with E-state index in [-0.39, 0.29) is 6.42 Å². The zero-order valence-corrected chi connectivity index (χ0v) is 8.44. The van der Waals surface area contributed by atoms with E-state index in [4.69, 9.17) is 15.8 Å². The van der Waals surface area contributed by atoms with Gasteiger partial charge in [-0.1, -0.05) is 12.1 Å². The second kappa shape index (κ2) is 5.14. The molecule has 0 saturated carbocycles. The van der Waals surface area contributed by atoms with Gasteiger partial charge in [-0.3, -0.25) is 4.79 Å². The highest BCUT2D eigenvalue weighted by Gasteiger charge is 1.98. The van der Waals surface area contributed by atoms with Crippen molar-refractivity contribution in [3.05, 3.63) is 29.8 Å². The Labute approximate surface area is 85.4 Å². The molecule has 70 valence electrons. The van der Waals surface area contributed by atoms with E-state index in [1.807, 2.05) is 24.3 Å². The standard InChI is InChI=1S/C9H9ClO2S/c10-13-8-4-1-7(2-5-8)3-6-9(11)12/h1-2,4-5H,3,6H2,(H,11,12). The van der Waals surface area contributed by atoms with Gasteiger partial charge in [0.05, 0.1) is 0 Å². The summed E-state index contributed by atoms with van der Waals surface area (Å²) in [5, 5.41) is 8.45. The molecule has 2 nitrogen and oxygen atoms in total. The first kappa shape index (κ1) is 10.4. The largest absolute Gasteiger partial charge is 0.481 e. The van der Waals surface area contributed by atoms with Crippen molar-refractivity contribution < 1.29 is 9.90 Å². The van der Waals surface area contributed by atoms with Crippen molar-refractivity contribution >= 4 is 27.6 Å². The predicted molar refractivity (Wildman–Crippen MR) is 54.1 cm³/mol. The number of aliphatic carboxylic acids is 1. The van der Waals surface area contributed by atoms with Crippen molar-refractivity contribution in [3.8, 4) is 0 Å². The Balaban J connectivity index is 2.54. The molecule has 1 N–H and O–H groups in total. The van der Waals surface area contributed by atoms with E-state index in [0.29, 0.717) is 6.42 Å². The average molecular weight is 217 g/mol. The van der Waals surface area contributed by atoms with Crippen molar-refractivity contribution in [2.24, 2.45) is 0 Å². The summed E-state index contributed by atoms with van der Waals surface area (Å²) in [6, 6.07) is 7.56. The van der Waals surface area contributed by atoms with Crippen LogP contribution in [0, 0.1) is 0 Å². The average Bonchev–Trinajstić information content (AvgIpc) is 2.15. The fraction of sp³-hybridized carbons (Fsp3) is 0.222. The maximum atomic E-state index is 10.3. The van der Waals surface area contributed by atoms with E-state index in [2.05, 4.69) is 0 Å². The van der Waals surface area contributed by atoms with Gasteiger partial charge in [0.15, 0.2) is 0 Å². The lowest BCUT2D eigenvalue weighted by molar-refractivity contribution is -0.136. The van der Waals surface area contributed by atoms with Crippen LogP contribution >= 0.6 is 21.7 Å². The number of halogens is 1. The lowest BCUT2D eigenvalue weighted by atomic mass is 10.1. The molecule has 0 fully saturated rings. The molecule has 0 bridgehead atoms. The first-order valence-electron chi connectivity index (χ1n) is 3.81. The quantitative estimate of drug-likeness (QED) is 0.841. The number of rotatable bonds is 4. The van der Waals surface area contributed by atoms with Crippen LogP contribution in [0.4, 0.5) is 0 Å². The van der Waals surface area contributed by atoms with Gasteiger partial charge in [-0.2, -0.15) is 0 Å². The molecule has 0 aliphatic carbocycles. The number of carboxylic acid groups (broad SMARTS) is 1. The zero-order chi connectivity index (χ0) is 9.68. The molecule has 0 aliphatic heterocycles. The summed E-state index contributed by atoms with van der Waals surface area (Å²) in [5.74, 6) is -0.768. The van der Waals surface area contributed by atoms with Crippen LogP contribution in [-0.2, 0) is 11.2 Å². The molecule has 1 aromatic carbocycles. The predicted octanol–water partition coefficient (Wildman–Crippen LogP) is 2.95. The third-order valence-corrected chi connectivity index (χ3v) is 2.62. The second-order valence-electron chi connectivity index (χ2n) is 2.61. The van der Waals surface area contributed by atoms with Crippen molar-refractivity contribution in [2.45, 2.75) is 17.7 Å². The molecule has 4 heteroatoms. The number of hydrogen-bond donors (Lipinski definition) is 1. The van der Waals surface area contributed by atoms with Gasteiger partial charge in [0.1, 0.15) is 0 Å². The summed E-state index contributed by atoms with van der Waals surface area (Å²) in [6.07, 6.45) is 0.746. The van der Waals surface area contributed by atoms with Gasteiger partial charge in [0.25, 0.3) is 0 Å². The molecule has 1 rings (SSSR count). The summed E-state index contributed by atoms with van der Waals surface area (Å²) in [4.78, 5) is 11.2. The SMILES string of the molecule is O=C(O)CCc1ccc(SCl)cc1. The van der Waals surface area contributed by atoms with Crippen molar-refractivity contribution in [2.75, 3.05) is 0 Å². The molecule has 0 amide bonds. The maximum absolute atomic E-state index is 10.3. The van der Waals surface area contributed by atoms with Gasteiger partial charge in [0, 0.05) is 11.3 Å². The van der Waals surface area contributed by atoms with Crippen LogP contribution in [0.5, 0.6) is 0 Å². The maximum Gasteiger partial charge on any atom is 0.303 e. The monoisotopic (exact) mass is 216 g/mol. The Morgan fingerprint density at radius 1 is 1.38 bits per heavy atom. The molecule has 0 saturated heterocycles. The van der Waals surface area contributed by atoms with Crippen molar-refractivity contribution in [3.63, 3.8) is 0 Å². The molecule has 0 atom stereocenters. The Bertz CT molecular complexity index is 284. The molecule has 0 unspecified atom stereocenters. The van der Waals surface area contributed by atoms with Crippen LogP contribution in [0.3, 0.4) is 0 Å². The van der Waals surface area contributed by atoms with Crippen LogP contribution in [0.15, 0.2) is 29.2 Å². The van der Waals surface area contributed by atoms with Gasteiger partial charge < -0.3 is 5.11 Å². The third-order valence-electron chi connectivity index (χ3n) is 1.64. The van der Waals surface area contributed by atoms with Gasteiger partial charge >= 0.3 is 5.97 Å². The highest BCUT2D eigenvalue weighted by atomic mass is 35.7. The number of hydrogen-bond acceptors (Lipinski definition) is 2. The van der Waals surface area contributed by atoms with Crippen molar-refractivity contribution in [1.82, 2.24) is 0 Å². The third kappa shape index (κ3) is 3.70. The summed E-state index contributed by atoms with van der Waals surface area (Å²) < 4.78 is 0. The molecular formula is C9H9ClO2S. The Hall–Kier alpha value is -0.670. The lowest BCUT2D eigenvalue weighted by Gasteiger charge is -1.99. The lowest BCUT2D eigenvalue weighted by Crippen LogP contribution is -1.96. The summed E-state index contributed by atoms with van der Waals surface area (Å²) in [6.45, 7) is 0. The van der Waals surface area contributed by atoms with E-state index in [1.54, 1.807) is 0 Å². The Morgan fingerprint density at radius 2 is 2.00 bits per heavy atom. The molecule has 0 aromatic heterocycles. The first-order valence-corrected chi connectivity index (χ1v) is 5.46.